The van der Waals surface area contributed by atoms with E-state index in [1.807, 2.05) is 0 Å². The van der Waals surface area contributed by atoms with E-state index in [9.17, 15) is 4.39 Å². The molecule has 0 aliphatic heterocycles. The minimum absolute atomic E-state index is 0.00404. The molecule has 1 N–H and O–H groups in total. The summed E-state index contributed by atoms with van der Waals surface area (Å²) in [6, 6.07) is 4.31. The summed E-state index contributed by atoms with van der Waals surface area (Å²) in [7, 11) is 0. The summed E-state index contributed by atoms with van der Waals surface area (Å²) in [6.07, 6.45) is 1.31. The first kappa shape index (κ1) is 12.4. The summed E-state index contributed by atoms with van der Waals surface area (Å²) < 4.78 is 13.5. The van der Waals surface area contributed by atoms with Crippen LogP contribution in [0, 0.1) is 5.82 Å². The Morgan fingerprint density at radius 1 is 1.12 bits per heavy atom. The molecular weight excluding hydrogens is 287 g/mol. The fourth-order valence-corrected chi connectivity index (χ4v) is 1.65. The summed E-state index contributed by atoms with van der Waals surface area (Å²) >= 11 is 17.3. The average Bonchev–Trinajstić information content (AvgIpc) is 2.28. The Morgan fingerprint density at radius 3 is 2.59 bits per heavy atom. The molecule has 1 heterocycles. The molecule has 0 unspecified atom stereocenters. The van der Waals surface area contributed by atoms with Crippen molar-refractivity contribution in [1.29, 1.82) is 0 Å². The average molecular weight is 293 g/mol. The van der Waals surface area contributed by atoms with E-state index in [0.717, 1.165) is 0 Å². The Bertz CT molecular complexity index is 542. The summed E-state index contributed by atoms with van der Waals surface area (Å²) in [6.45, 7) is 0. The lowest BCUT2D eigenvalue weighted by Gasteiger charge is -2.09. The molecule has 1 aromatic heterocycles. The molecule has 3 nitrogen and oxygen atoms in total. The summed E-state index contributed by atoms with van der Waals surface area (Å²) in [5, 5.41) is 3.11. The zero-order valence-electron chi connectivity index (χ0n) is 8.22. The van der Waals surface area contributed by atoms with E-state index in [0.29, 0.717) is 0 Å². The van der Waals surface area contributed by atoms with Crippen molar-refractivity contribution in [3.63, 3.8) is 0 Å². The van der Waals surface area contributed by atoms with Gasteiger partial charge in [-0.15, -0.1) is 0 Å². The van der Waals surface area contributed by atoms with Crippen molar-refractivity contribution in [2.75, 3.05) is 5.32 Å². The number of hydrogen-bond donors (Lipinski definition) is 1. The van der Waals surface area contributed by atoms with Crippen LogP contribution in [0.2, 0.25) is 15.3 Å². The highest BCUT2D eigenvalue weighted by Gasteiger charge is 2.10. The van der Waals surface area contributed by atoms with Gasteiger partial charge in [0.1, 0.15) is 10.8 Å². The molecule has 2 rings (SSSR count). The Morgan fingerprint density at radius 2 is 1.88 bits per heavy atom. The highest BCUT2D eigenvalue weighted by molar-refractivity contribution is 6.35. The highest BCUT2D eigenvalue weighted by Crippen LogP contribution is 2.30. The maximum atomic E-state index is 13.5. The molecule has 0 aliphatic carbocycles. The zero-order chi connectivity index (χ0) is 12.4. The van der Waals surface area contributed by atoms with Crippen LogP contribution in [-0.2, 0) is 0 Å². The molecule has 7 heteroatoms. The Hall–Kier alpha value is -1.10. The third kappa shape index (κ3) is 2.77. The van der Waals surface area contributed by atoms with E-state index in [1.165, 1.54) is 18.3 Å². The number of nitrogens with zero attached hydrogens (tertiary/aromatic N) is 2. The Labute approximate surface area is 112 Å². The summed E-state index contributed by atoms with van der Waals surface area (Å²) in [5.41, 5.74) is 0.0887. The highest BCUT2D eigenvalue weighted by atomic mass is 35.5. The number of halogens is 4. The van der Waals surface area contributed by atoms with E-state index in [1.54, 1.807) is 6.07 Å². The van der Waals surface area contributed by atoms with Crippen LogP contribution in [0.15, 0.2) is 24.4 Å². The van der Waals surface area contributed by atoms with Gasteiger partial charge in [0.15, 0.2) is 5.82 Å². The second-order valence-electron chi connectivity index (χ2n) is 3.06. The summed E-state index contributed by atoms with van der Waals surface area (Å²) in [4.78, 5) is 7.52. The van der Waals surface area contributed by atoms with E-state index in [2.05, 4.69) is 15.3 Å². The molecule has 0 atom stereocenters. The maximum absolute atomic E-state index is 13.5. The van der Waals surface area contributed by atoms with Crippen LogP contribution in [0.25, 0.3) is 0 Å². The van der Waals surface area contributed by atoms with Crippen LogP contribution in [-0.4, -0.2) is 9.97 Å². The quantitative estimate of drug-likeness (QED) is 0.838. The van der Waals surface area contributed by atoms with Crippen molar-refractivity contribution >= 4 is 46.3 Å². The number of benzene rings is 1. The van der Waals surface area contributed by atoms with Crippen molar-refractivity contribution in [2.24, 2.45) is 0 Å². The van der Waals surface area contributed by atoms with Crippen molar-refractivity contribution in [2.45, 2.75) is 0 Å². The fourth-order valence-electron chi connectivity index (χ4n) is 1.17. The molecule has 88 valence electrons. The Balaban J connectivity index is 2.41. The lowest BCUT2D eigenvalue weighted by Crippen LogP contribution is -1.99. The number of para-hydroxylation sites is 1. The molecule has 2 aromatic rings. The third-order valence-electron chi connectivity index (χ3n) is 1.92. The first-order valence-electron chi connectivity index (χ1n) is 4.47. The fraction of sp³-hybridized carbons (Fsp3) is 0. The number of nitrogens with one attached hydrogen (secondary N) is 1. The van der Waals surface area contributed by atoms with Gasteiger partial charge in [-0.25, -0.2) is 9.37 Å². The van der Waals surface area contributed by atoms with Crippen LogP contribution < -0.4 is 5.32 Å². The maximum Gasteiger partial charge on any atom is 0.224 e. The molecule has 0 amide bonds. The monoisotopic (exact) mass is 291 g/mol. The van der Waals surface area contributed by atoms with Gasteiger partial charge in [0.25, 0.3) is 0 Å². The van der Waals surface area contributed by atoms with Gasteiger partial charge in [0.2, 0.25) is 5.28 Å². The van der Waals surface area contributed by atoms with Crippen molar-refractivity contribution < 1.29 is 4.39 Å². The predicted molar refractivity (Wildman–Crippen MR) is 66.7 cm³/mol. The topological polar surface area (TPSA) is 37.8 Å². The van der Waals surface area contributed by atoms with Gasteiger partial charge in [-0.3, -0.25) is 0 Å². The van der Waals surface area contributed by atoms with E-state index in [-0.39, 0.29) is 26.8 Å². The van der Waals surface area contributed by atoms with E-state index >= 15 is 0 Å². The molecule has 0 saturated heterocycles. The Kier molecular flexibility index (Phi) is 3.66. The van der Waals surface area contributed by atoms with Gasteiger partial charge in [-0.1, -0.05) is 29.3 Å². The van der Waals surface area contributed by atoms with E-state index in [4.69, 9.17) is 34.8 Å². The van der Waals surface area contributed by atoms with Gasteiger partial charge >= 0.3 is 0 Å². The van der Waals surface area contributed by atoms with Crippen molar-refractivity contribution in [1.82, 2.24) is 9.97 Å². The van der Waals surface area contributed by atoms with Crippen molar-refractivity contribution in [3.05, 3.63) is 45.5 Å². The van der Waals surface area contributed by atoms with Crippen LogP contribution in [0.4, 0.5) is 15.9 Å². The molecule has 1 aromatic carbocycles. The smallest absolute Gasteiger partial charge is 0.224 e. The molecule has 17 heavy (non-hydrogen) atoms. The predicted octanol–water partition coefficient (Wildman–Crippen LogP) is 4.32. The SMILES string of the molecule is Fc1cccc(Cl)c1Nc1nc(Cl)ncc1Cl. The van der Waals surface area contributed by atoms with Gasteiger partial charge in [0.05, 0.1) is 16.9 Å². The van der Waals surface area contributed by atoms with Crippen LogP contribution in [0.3, 0.4) is 0 Å². The molecule has 0 bridgehead atoms. The second-order valence-corrected chi connectivity index (χ2v) is 4.21. The molecule has 0 aliphatic rings. The van der Waals surface area contributed by atoms with Gasteiger partial charge in [-0.2, -0.15) is 4.98 Å². The molecule has 0 saturated carbocycles. The third-order valence-corrected chi connectivity index (χ3v) is 2.69. The van der Waals surface area contributed by atoms with Gasteiger partial charge < -0.3 is 5.32 Å². The molecule has 0 radical (unpaired) electrons. The first-order chi connectivity index (χ1) is 8.08. The van der Waals surface area contributed by atoms with Gasteiger partial charge in [-0.05, 0) is 23.7 Å². The van der Waals surface area contributed by atoms with Crippen LogP contribution in [0.1, 0.15) is 0 Å². The van der Waals surface area contributed by atoms with E-state index < -0.39 is 5.82 Å². The van der Waals surface area contributed by atoms with Crippen LogP contribution in [0.5, 0.6) is 0 Å². The molecule has 0 spiro atoms. The van der Waals surface area contributed by atoms with Gasteiger partial charge in [0, 0.05) is 0 Å². The lowest BCUT2D eigenvalue weighted by atomic mass is 10.3. The zero-order valence-corrected chi connectivity index (χ0v) is 10.5. The standard InChI is InChI=1S/C10H5Cl3FN3/c11-5-2-1-3-7(14)8(5)16-9-6(12)4-15-10(13)17-9/h1-4H,(H,15,16,17). The molecule has 0 fully saturated rings. The number of rotatable bonds is 2. The normalized spacial score (nSPS) is 10.4. The van der Waals surface area contributed by atoms with Crippen LogP contribution >= 0.6 is 34.8 Å². The summed E-state index contributed by atoms with van der Waals surface area (Å²) in [5.74, 6) is -0.318. The first-order valence-corrected chi connectivity index (χ1v) is 5.60. The molecular formula is C10H5Cl3FN3. The van der Waals surface area contributed by atoms with Crippen molar-refractivity contribution in [3.8, 4) is 0 Å². The lowest BCUT2D eigenvalue weighted by molar-refractivity contribution is 0.632. The number of anilines is 2. The minimum atomic E-state index is -0.511. The largest absolute Gasteiger partial charge is 0.335 e. The minimum Gasteiger partial charge on any atom is -0.335 e. The number of aromatic nitrogens is 2. The second kappa shape index (κ2) is 5.04. The number of hydrogen-bond acceptors (Lipinski definition) is 3.